The van der Waals surface area contributed by atoms with Gasteiger partial charge in [0.15, 0.2) is 0 Å². The minimum Gasteiger partial charge on any atom is -0.307 e. The van der Waals surface area contributed by atoms with Crippen LogP contribution in [-0.2, 0) is 11.3 Å². The minimum atomic E-state index is -0.0854. The molecule has 21 heavy (non-hydrogen) atoms. The lowest BCUT2D eigenvalue weighted by Gasteiger charge is -2.22. The van der Waals surface area contributed by atoms with Crippen LogP contribution in [0.3, 0.4) is 0 Å². The molecule has 3 heteroatoms. The van der Waals surface area contributed by atoms with Crippen molar-refractivity contribution in [3.05, 3.63) is 65.7 Å². The maximum absolute atomic E-state index is 12.1. The third kappa shape index (κ3) is 4.08. The molecule has 0 unspecified atom stereocenters. The molecule has 0 radical (unpaired) electrons. The molecule has 2 aromatic rings. The number of carbonyl (C=O) groups excluding carboxylic acids is 1. The Balaban J connectivity index is 2.25. The summed E-state index contributed by atoms with van der Waals surface area (Å²) in [6.07, 6.45) is 0. The van der Waals surface area contributed by atoms with Gasteiger partial charge in [0.25, 0.3) is 0 Å². The fourth-order valence-electron chi connectivity index (χ4n) is 2.20. The number of nitrogens with zero attached hydrogens (tertiary/aromatic N) is 1. The summed E-state index contributed by atoms with van der Waals surface area (Å²) >= 11 is 5.75. The average Bonchev–Trinajstić information content (AvgIpc) is 2.53. The molecule has 0 aliphatic rings. The number of halogens is 1. The van der Waals surface area contributed by atoms with E-state index in [9.17, 15) is 4.79 Å². The van der Waals surface area contributed by atoms with Gasteiger partial charge in [0, 0.05) is 5.69 Å². The lowest BCUT2D eigenvalue weighted by Crippen LogP contribution is -2.31. The average molecular weight is 302 g/mol. The van der Waals surface area contributed by atoms with E-state index in [1.807, 2.05) is 42.5 Å². The number of alkyl halides is 1. The van der Waals surface area contributed by atoms with E-state index in [-0.39, 0.29) is 11.8 Å². The Morgan fingerprint density at radius 3 is 2.19 bits per heavy atom. The van der Waals surface area contributed by atoms with Gasteiger partial charge in [0.2, 0.25) is 5.91 Å². The molecule has 0 spiro atoms. The molecule has 0 bridgehead atoms. The second kappa shape index (κ2) is 7.28. The number of amides is 1. The molecule has 0 aromatic heterocycles. The van der Waals surface area contributed by atoms with E-state index in [0.717, 1.165) is 11.3 Å². The van der Waals surface area contributed by atoms with Gasteiger partial charge in [-0.25, -0.2) is 0 Å². The minimum absolute atomic E-state index is 0.0151. The van der Waals surface area contributed by atoms with E-state index in [1.165, 1.54) is 5.56 Å². The van der Waals surface area contributed by atoms with Crippen LogP contribution in [0.4, 0.5) is 5.69 Å². The zero-order valence-corrected chi connectivity index (χ0v) is 13.2. The van der Waals surface area contributed by atoms with Crippen LogP contribution in [0.5, 0.6) is 0 Å². The molecule has 2 aromatic carbocycles. The highest BCUT2D eigenvalue weighted by atomic mass is 35.5. The summed E-state index contributed by atoms with van der Waals surface area (Å²) in [4.78, 5) is 13.9. The van der Waals surface area contributed by atoms with E-state index >= 15 is 0 Å². The van der Waals surface area contributed by atoms with Gasteiger partial charge in [0.1, 0.15) is 5.88 Å². The van der Waals surface area contributed by atoms with E-state index in [2.05, 4.69) is 26.0 Å². The molecule has 0 fully saturated rings. The quantitative estimate of drug-likeness (QED) is 0.740. The van der Waals surface area contributed by atoms with E-state index in [0.29, 0.717) is 12.5 Å². The van der Waals surface area contributed by atoms with Gasteiger partial charge in [-0.15, -0.1) is 11.6 Å². The molecule has 0 atom stereocenters. The summed E-state index contributed by atoms with van der Waals surface area (Å²) in [5.41, 5.74) is 3.23. The van der Waals surface area contributed by atoms with Crippen LogP contribution in [0.2, 0.25) is 0 Å². The number of hydrogen-bond acceptors (Lipinski definition) is 1. The zero-order valence-electron chi connectivity index (χ0n) is 12.4. The van der Waals surface area contributed by atoms with Crippen molar-refractivity contribution in [2.24, 2.45) is 0 Å². The van der Waals surface area contributed by atoms with Gasteiger partial charge in [-0.2, -0.15) is 0 Å². The number of carbonyl (C=O) groups is 1. The monoisotopic (exact) mass is 301 g/mol. The van der Waals surface area contributed by atoms with Crippen molar-refractivity contribution in [3.8, 4) is 0 Å². The summed E-state index contributed by atoms with van der Waals surface area (Å²) in [5.74, 6) is 0.377. The highest BCUT2D eigenvalue weighted by Gasteiger charge is 2.15. The molecule has 0 heterocycles. The molecular weight excluding hydrogens is 282 g/mol. The Morgan fingerprint density at radius 2 is 1.67 bits per heavy atom. The molecule has 0 aliphatic carbocycles. The third-order valence-electron chi connectivity index (χ3n) is 3.47. The number of benzene rings is 2. The predicted octanol–water partition coefficient (Wildman–Crippen LogP) is 4.58. The van der Waals surface area contributed by atoms with Crippen LogP contribution in [0.1, 0.15) is 30.9 Å². The molecular formula is C18H20ClNO. The first-order chi connectivity index (χ1) is 10.1. The lowest BCUT2D eigenvalue weighted by molar-refractivity contribution is -0.116. The second-order valence-electron chi connectivity index (χ2n) is 5.35. The first-order valence-electron chi connectivity index (χ1n) is 7.12. The summed E-state index contributed by atoms with van der Waals surface area (Å²) in [7, 11) is 0. The maximum atomic E-state index is 12.1. The van der Waals surface area contributed by atoms with Crippen molar-refractivity contribution in [2.45, 2.75) is 26.3 Å². The van der Waals surface area contributed by atoms with E-state index in [1.54, 1.807) is 4.90 Å². The maximum Gasteiger partial charge on any atom is 0.242 e. The first-order valence-corrected chi connectivity index (χ1v) is 7.65. The first kappa shape index (κ1) is 15.6. The van der Waals surface area contributed by atoms with Gasteiger partial charge in [-0.3, -0.25) is 4.79 Å². The van der Waals surface area contributed by atoms with Crippen LogP contribution in [0.15, 0.2) is 54.6 Å². The number of hydrogen-bond donors (Lipinski definition) is 0. The highest BCUT2D eigenvalue weighted by molar-refractivity contribution is 6.29. The molecule has 0 saturated heterocycles. The Morgan fingerprint density at radius 1 is 1.05 bits per heavy atom. The fourth-order valence-corrected chi connectivity index (χ4v) is 2.35. The standard InChI is InChI=1S/C18H20ClNO/c1-14(2)16-8-10-17(11-9-16)20(18(21)12-19)13-15-6-4-3-5-7-15/h3-11,14H,12-13H2,1-2H3. The van der Waals surface area contributed by atoms with Gasteiger partial charge in [-0.05, 0) is 29.2 Å². The summed E-state index contributed by atoms with van der Waals surface area (Å²) in [6, 6.07) is 18.0. The van der Waals surface area contributed by atoms with E-state index < -0.39 is 0 Å². The zero-order chi connectivity index (χ0) is 15.2. The van der Waals surface area contributed by atoms with Gasteiger partial charge >= 0.3 is 0 Å². The van der Waals surface area contributed by atoms with Crippen LogP contribution >= 0.6 is 11.6 Å². The van der Waals surface area contributed by atoms with Crippen molar-refractivity contribution in [1.82, 2.24) is 0 Å². The topological polar surface area (TPSA) is 20.3 Å². The van der Waals surface area contributed by atoms with Gasteiger partial charge in [0.05, 0.1) is 6.54 Å². The van der Waals surface area contributed by atoms with Crippen LogP contribution in [-0.4, -0.2) is 11.8 Å². The molecule has 0 saturated carbocycles. The normalized spacial score (nSPS) is 10.7. The fraction of sp³-hybridized carbons (Fsp3) is 0.278. The van der Waals surface area contributed by atoms with Crippen LogP contribution in [0.25, 0.3) is 0 Å². The molecule has 110 valence electrons. The molecule has 0 aliphatic heterocycles. The number of anilines is 1. The lowest BCUT2D eigenvalue weighted by atomic mass is 10.0. The second-order valence-corrected chi connectivity index (χ2v) is 5.61. The van der Waals surface area contributed by atoms with Crippen LogP contribution < -0.4 is 4.90 Å². The van der Waals surface area contributed by atoms with Crippen LogP contribution in [0, 0.1) is 0 Å². The van der Waals surface area contributed by atoms with Crippen molar-refractivity contribution in [3.63, 3.8) is 0 Å². The van der Waals surface area contributed by atoms with Crippen molar-refractivity contribution in [1.29, 1.82) is 0 Å². The Bertz CT molecular complexity index is 578. The Hall–Kier alpha value is -1.80. The molecule has 2 rings (SSSR count). The van der Waals surface area contributed by atoms with Crippen molar-refractivity contribution < 1.29 is 4.79 Å². The van der Waals surface area contributed by atoms with E-state index in [4.69, 9.17) is 11.6 Å². The largest absolute Gasteiger partial charge is 0.307 e. The van der Waals surface area contributed by atoms with Crippen molar-refractivity contribution in [2.75, 3.05) is 10.8 Å². The van der Waals surface area contributed by atoms with Crippen molar-refractivity contribution >= 4 is 23.2 Å². The summed E-state index contributed by atoms with van der Waals surface area (Å²) < 4.78 is 0. The predicted molar refractivity (Wildman–Crippen MR) is 88.9 cm³/mol. The smallest absolute Gasteiger partial charge is 0.242 e. The van der Waals surface area contributed by atoms with Gasteiger partial charge in [-0.1, -0.05) is 56.3 Å². The SMILES string of the molecule is CC(C)c1ccc(N(Cc2ccccc2)C(=O)CCl)cc1. The summed E-state index contributed by atoms with van der Waals surface area (Å²) in [5, 5.41) is 0. The Labute approximate surface area is 131 Å². The summed E-state index contributed by atoms with van der Waals surface area (Å²) in [6.45, 7) is 4.84. The molecule has 2 nitrogen and oxygen atoms in total. The highest BCUT2D eigenvalue weighted by Crippen LogP contribution is 2.22. The third-order valence-corrected chi connectivity index (χ3v) is 3.70. The number of rotatable bonds is 5. The molecule has 0 N–H and O–H groups in total. The Kier molecular flexibility index (Phi) is 5.40. The van der Waals surface area contributed by atoms with Gasteiger partial charge < -0.3 is 4.90 Å². The molecule has 1 amide bonds.